The van der Waals surface area contributed by atoms with Crippen LogP contribution in [0.3, 0.4) is 0 Å². The summed E-state index contributed by atoms with van der Waals surface area (Å²) in [5, 5.41) is 0. The van der Waals surface area contributed by atoms with E-state index in [1.807, 2.05) is 6.92 Å². The molecule has 0 aliphatic heterocycles. The van der Waals surface area contributed by atoms with E-state index in [-0.39, 0.29) is 0 Å². The van der Waals surface area contributed by atoms with E-state index >= 15 is 0 Å². The average molecular weight is 60.1 g/mol. The van der Waals surface area contributed by atoms with Gasteiger partial charge in [0.2, 0.25) is 0 Å². The minimum atomic E-state index is 0.819. The maximum atomic E-state index is 4.54. The first-order chi connectivity index (χ1) is 1.91. The van der Waals surface area contributed by atoms with Crippen LogP contribution >= 0.6 is 0 Å². The van der Waals surface area contributed by atoms with Crippen LogP contribution in [-0.2, 0) is 4.74 Å². The van der Waals surface area contributed by atoms with Crippen molar-refractivity contribution in [1.82, 2.24) is 0 Å². The molecule has 0 aliphatic carbocycles. The van der Waals surface area contributed by atoms with E-state index in [9.17, 15) is 0 Å². The molecule has 1 nitrogen and oxygen atoms in total. The number of hydrogen-bond donors (Lipinski definition) is 0. The third-order valence-electron chi connectivity index (χ3n) is 0.289. The van der Waals surface area contributed by atoms with E-state index in [1.54, 1.807) is 7.11 Å². The molecule has 0 unspecified atom stereocenters. The molecule has 0 fully saturated rings. The zero-order chi connectivity index (χ0) is 3.41. The van der Waals surface area contributed by atoms with Crippen molar-refractivity contribution >= 4 is 0 Å². The lowest BCUT2D eigenvalue weighted by Gasteiger charge is -1.76. The summed E-state index contributed by atoms with van der Waals surface area (Å²) < 4.78 is 4.54. The highest BCUT2D eigenvalue weighted by Gasteiger charge is 1.51. The number of hydrogen-bond acceptors (Lipinski definition) is 1. The van der Waals surface area contributed by atoms with Crippen molar-refractivity contribution < 1.29 is 4.74 Å². The lowest BCUT2D eigenvalue weighted by molar-refractivity contribution is 0.215. The van der Waals surface area contributed by atoms with Crippen LogP contribution in [0.4, 0.5) is 0 Å². The maximum Gasteiger partial charge on any atom is 0.0433 e. The second kappa shape index (κ2) is 2.96. The summed E-state index contributed by atoms with van der Waals surface area (Å²) in [5.41, 5.74) is 0. The van der Waals surface area contributed by atoms with Gasteiger partial charge in [0.25, 0.3) is 0 Å². The smallest absolute Gasteiger partial charge is 0.0433 e. The van der Waals surface area contributed by atoms with E-state index in [0.29, 0.717) is 0 Å². The van der Waals surface area contributed by atoms with E-state index in [4.69, 9.17) is 0 Å². The Kier molecular flexibility index (Phi) is 2.93. The van der Waals surface area contributed by atoms with Crippen molar-refractivity contribution in [3.05, 3.63) is 0 Å². The molecule has 0 saturated heterocycles. The van der Waals surface area contributed by atoms with Crippen LogP contribution < -0.4 is 0 Å². The summed E-state index contributed by atoms with van der Waals surface area (Å²) in [7, 11) is 1.68. The molecular formula is C3H8O. The first kappa shape index (κ1) is 3.96. The SMILES string of the molecule is CCOC. The zero-order valence-electron chi connectivity index (χ0n) is 3.12. The Balaban J connectivity index is 1.97. The van der Waals surface area contributed by atoms with Gasteiger partial charge in [0.05, 0.1) is 0 Å². The summed E-state index contributed by atoms with van der Waals surface area (Å²) in [5.74, 6) is 0. The van der Waals surface area contributed by atoms with E-state index < -0.39 is 0 Å². The quantitative estimate of drug-likeness (QED) is 0.432. The molecular weight excluding hydrogens is 52.0 g/mol. The number of methoxy groups -OCH3 is 1. The first-order valence-corrected chi connectivity index (χ1v) is 1.40. The summed E-state index contributed by atoms with van der Waals surface area (Å²) >= 11 is 0. The first-order valence-electron chi connectivity index (χ1n) is 1.40. The molecule has 0 aromatic heterocycles. The molecule has 0 aromatic rings. The third kappa shape index (κ3) is 1.96. The monoisotopic (exact) mass is 60.1 g/mol. The highest BCUT2D eigenvalue weighted by atomic mass is 16.5. The second-order valence-electron chi connectivity index (χ2n) is 0.577. The maximum absolute atomic E-state index is 4.54. The Bertz CT molecular complexity index is 5.25. The molecule has 26 valence electrons. The molecule has 4 heavy (non-hydrogen) atoms. The van der Waals surface area contributed by atoms with Gasteiger partial charge in [-0.15, -0.1) is 0 Å². The van der Waals surface area contributed by atoms with Gasteiger partial charge in [-0.3, -0.25) is 0 Å². The largest absolute Gasteiger partial charge is 0.385 e. The Morgan fingerprint density at radius 1 is 1.75 bits per heavy atom. The molecule has 0 aliphatic rings. The molecule has 0 saturated carbocycles. The van der Waals surface area contributed by atoms with Crippen LogP contribution in [0.5, 0.6) is 0 Å². The van der Waals surface area contributed by atoms with Gasteiger partial charge >= 0.3 is 0 Å². The van der Waals surface area contributed by atoms with Gasteiger partial charge in [0.15, 0.2) is 0 Å². The Morgan fingerprint density at radius 2 is 2.00 bits per heavy atom. The van der Waals surface area contributed by atoms with Crippen LogP contribution in [0.25, 0.3) is 0 Å². The van der Waals surface area contributed by atoms with Crippen LogP contribution in [0.15, 0.2) is 0 Å². The summed E-state index contributed by atoms with van der Waals surface area (Å²) in [6.45, 7) is 2.78. The minimum Gasteiger partial charge on any atom is -0.385 e. The van der Waals surface area contributed by atoms with Gasteiger partial charge in [0.1, 0.15) is 0 Å². The van der Waals surface area contributed by atoms with Gasteiger partial charge in [-0.25, -0.2) is 0 Å². The van der Waals surface area contributed by atoms with E-state index in [0.717, 1.165) is 6.61 Å². The summed E-state index contributed by atoms with van der Waals surface area (Å²) in [4.78, 5) is 0. The van der Waals surface area contributed by atoms with Gasteiger partial charge in [-0.1, -0.05) is 0 Å². The van der Waals surface area contributed by atoms with E-state index in [1.165, 1.54) is 0 Å². The molecule has 0 radical (unpaired) electrons. The second-order valence-corrected chi connectivity index (χ2v) is 0.577. The Hall–Kier alpha value is -0.0400. The normalized spacial score (nSPS) is 7.50. The Morgan fingerprint density at radius 3 is 2.00 bits per heavy atom. The van der Waals surface area contributed by atoms with Gasteiger partial charge in [-0.2, -0.15) is 0 Å². The number of ether oxygens (including phenoxy) is 1. The van der Waals surface area contributed by atoms with Gasteiger partial charge < -0.3 is 4.74 Å². The van der Waals surface area contributed by atoms with Crippen molar-refractivity contribution in [2.24, 2.45) is 0 Å². The standard InChI is InChI=1S/C3H8O/c1-3-4-2/h3H2,1-2H3. The lowest BCUT2D eigenvalue weighted by Crippen LogP contribution is -1.73. The lowest BCUT2D eigenvalue weighted by atomic mass is 10.9. The van der Waals surface area contributed by atoms with Gasteiger partial charge in [0, 0.05) is 13.7 Å². The van der Waals surface area contributed by atoms with Gasteiger partial charge in [-0.05, 0) is 6.92 Å². The van der Waals surface area contributed by atoms with Crippen molar-refractivity contribution in [1.29, 1.82) is 0 Å². The zero-order valence-corrected chi connectivity index (χ0v) is 3.12. The van der Waals surface area contributed by atoms with Crippen molar-refractivity contribution in [2.45, 2.75) is 6.92 Å². The average Bonchev–Trinajstić information content (AvgIpc) is 1.37. The predicted molar refractivity (Wildman–Crippen MR) is 17.6 cm³/mol. The highest BCUT2D eigenvalue weighted by Crippen LogP contribution is 1.52. The fourth-order valence-corrected chi connectivity index (χ4v) is 0. The van der Waals surface area contributed by atoms with Crippen LogP contribution in [0.1, 0.15) is 6.92 Å². The molecule has 0 amide bonds. The van der Waals surface area contributed by atoms with Crippen LogP contribution in [0, 0.1) is 0 Å². The number of rotatable bonds is 1. The van der Waals surface area contributed by atoms with Crippen molar-refractivity contribution in [3.63, 3.8) is 0 Å². The van der Waals surface area contributed by atoms with Crippen molar-refractivity contribution in [2.75, 3.05) is 13.7 Å². The molecule has 0 spiro atoms. The molecule has 0 rings (SSSR count). The summed E-state index contributed by atoms with van der Waals surface area (Å²) in [6.07, 6.45) is 0. The van der Waals surface area contributed by atoms with E-state index in [2.05, 4.69) is 4.74 Å². The van der Waals surface area contributed by atoms with Crippen molar-refractivity contribution in [3.8, 4) is 0 Å². The Labute approximate surface area is 26.6 Å². The topological polar surface area (TPSA) is 9.23 Å². The van der Waals surface area contributed by atoms with Crippen LogP contribution in [0.2, 0.25) is 0 Å². The molecule has 0 aromatic carbocycles. The molecule has 0 N–H and O–H groups in total. The molecule has 0 atom stereocenters. The predicted octanol–water partition coefficient (Wildman–Crippen LogP) is 0.653. The molecule has 0 bridgehead atoms. The third-order valence-corrected chi connectivity index (χ3v) is 0.289. The summed E-state index contributed by atoms with van der Waals surface area (Å²) in [6, 6.07) is 0. The van der Waals surface area contributed by atoms with Crippen LogP contribution in [-0.4, -0.2) is 13.7 Å². The fourth-order valence-electron chi connectivity index (χ4n) is 0. The minimum absolute atomic E-state index is 0.819. The molecule has 0 heterocycles. The molecule has 1 heteroatoms. The highest BCUT2D eigenvalue weighted by molar-refractivity contribution is 3.94. The fraction of sp³-hybridized carbons (Fsp3) is 1.00.